The van der Waals surface area contributed by atoms with Crippen LogP contribution in [-0.4, -0.2) is 27.9 Å². The number of thiazole rings is 1. The van der Waals surface area contributed by atoms with Gasteiger partial charge in [0.25, 0.3) is 5.91 Å². The first-order chi connectivity index (χ1) is 10.8. The molecule has 3 rings (SSSR count). The van der Waals surface area contributed by atoms with Crippen molar-refractivity contribution in [3.63, 3.8) is 0 Å². The van der Waals surface area contributed by atoms with Crippen molar-refractivity contribution in [2.45, 2.75) is 0 Å². The maximum absolute atomic E-state index is 12.3. The molecule has 0 spiro atoms. The van der Waals surface area contributed by atoms with Crippen LogP contribution in [0.2, 0.25) is 0 Å². The van der Waals surface area contributed by atoms with Crippen LogP contribution in [0.5, 0.6) is 0 Å². The van der Waals surface area contributed by atoms with Crippen LogP contribution >= 0.6 is 11.3 Å². The van der Waals surface area contributed by atoms with E-state index in [4.69, 9.17) is 0 Å². The third kappa shape index (κ3) is 2.94. The molecule has 3 aromatic heterocycles. The van der Waals surface area contributed by atoms with Gasteiger partial charge in [-0.3, -0.25) is 15.1 Å². The lowest BCUT2D eigenvalue weighted by molar-refractivity contribution is 0.102. The molecule has 0 unspecified atom stereocenters. The Morgan fingerprint density at radius 2 is 1.95 bits per heavy atom. The molecule has 3 heterocycles. The zero-order chi connectivity index (χ0) is 15.4. The van der Waals surface area contributed by atoms with Gasteiger partial charge in [-0.15, -0.1) is 0 Å². The van der Waals surface area contributed by atoms with Gasteiger partial charge in [0.1, 0.15) is 5.82 Å². The Hall–Kier alpha value is -2.80. The molecule has 0 aliphatic carbocycles. The third-order valence-corrected chi connectivity index (χ3v) is 3.87. The largest absolute Gasteiger partial charge is 0.372 e. The number of carbonyl (C=O) groups is 1. The lowest BCUT2D eigenvalue weighted by Crippen LogP contribution is -2.14. The van der Waals surface area contributed by atoms with E-state index in [2.05, 4.69) is 25.6 Å². The molecule has 0 aromatic carbocycles. The fraction of sp³-hybridized carbons (Fsp3) is 0.0667. The number of nitrogens with one attached hydrogen (secondary N) is 2. The second kappa shape index (κ2) is 6.31. The Morgan fingerprint density at radius 3 is 2.73 bits per heavy atom. The molecule has 0 fully saturated rings. The van der Waals surface area contributed by atoms with Crippen molar-refractivity contribution >= 4 is 28.2 Å². The van der Waals surface area contributed by atoms with Crippen LogP contribution in [0.1, 0.15) is 10.4 Å². The number of anilines is 2. The Kier molecular flexibility index (Phi) is 4.06. The average Bonchev–Trinajstić information content (AvgIpc) is 3.04. The van der Waals surface area contributed by atoms with Crippen molar-refractivity contribution in [2.75, 3.05) is 17.7 Å². The molecule has 0 radical (unpaired) electrons. The van der Waals surface area contributed by atoms with Gasteiger partial charge in [-0.1, -0.05) is 17.4 Å². The van der Waals surface area contributed by atoms with Gasteiger partial charge < -0.3 is 5.32 Å². The summed E-state index contributed by atoms with van der Waals surface area (Å²) in [6, 6.07) is 9.10. The van der Waals surface area contributed by atoms with Crippen molar-refractivity contribution in [1.29, 1.82) is 0 Å². The van der Waals surface area contributed by atoms with Crippen molar-refractivity contribution < 1.29 is 4.79 Å². The Balaban J connectivity index is 1.79. The molecular weight excluding hydrogens is 298 g/mol. The van der Waals surface area contributed by atoms with Gasteiger partial charge in [0, 0.05) is 25.6 Å². The fourth-order valence-electron chi connectivity index (χ4n) is 1.91. The molecule has 0 saturated heterocycles. The smallest absolute Gasteiger partial charge is 0.261 e. The van der Waals surface area contributed by atoms with Gasteiger partial charge in [0.15, 0.2) is 5.13 Å². The number of aromatic nitrogens is 3. The summed E-state index contributed by atoms with van der Waals surface area (Å²) >= 11 is 1.38. The normalized spacial score (nSPS) is 10.2. The maximum Gasteiger partial charge on any atom is 0.261 e. The van der Waals surface area contributed by atoms with Gasteiger partial charge in [0.2, 0.25) is 0 Å². The highest BCUT2D eigenvalue weighted by atomic mass is 32.1. The van der Waals surface area contributed by atoms with E-state index in [0.717, 1.165) is 10.6 Å². The summed E-state index contributed by atoms with van der Waals surface area (Å²) in [5.41, 5.74) is 1.30. The first kappa shape index (κ1) is 14.2. The topological polar surface area (TPSA) is 79.8 Å². The number of carbonyl (C=O) groups excluding carboxylic acids is 1. The minimum Gasteiger partial charge on any atom is -0.372 e. The monoisotopic (exact) mass is 311 g/mol. The van der Waals surface area contributed by atoms with Crippen LogP contribution in [0.3, 0.4) is 0 Å². The summed E-state index contributed by atoms with van der Waals surface area (Å²) in [5, 5.41) is 6.20. The lowest BCUT2D eigenvalue weighted by atomic mass is 10.2. The summed E-state index contributed by atoms with van der Waals surface area (Å²) < 4.78 is 0. The van der Waals surface area contributed by atoms with Crippen molar-refractivity contribution in [3.05, 3.63) is 54.5 Å². The van der Waals surface area contributed by atoms with Crippen LogP contribution in [-0.2, 0) is 0 Å². The summed E-state index contributed by atoms with van der Waals surface area (Å²) in [6.07, 6.45) is 5.05. The second-order valence-corrected chi connectivity index (χ2v) is 5.38. The zero-order valence-electron chi connectivity index (χ0n) is 11.8. The van der Waals surface area contributed by atoms with Crippen LogP contribution < -0.4 is 10.6 Å². The number of hydrogen-bond acceptors (Lipinski definition) is 6. The zero-order valence-corrected chi connectivity index (χ0v) is 12.6. The number of hydrogen-bond donors (Lipinski definition) is 2. The van der Waals surface area contributed by atoms with Gasteiger partial charge in [-0.25, -0.2) is 9.97 Å². The summed E-state index contributed by atoms with van der Waals surface area (Å²) in [6.45, 7) is 0. The fourth-order valence-corrected chi connectivity index (χ4v) is 2.70. The van der Waals surface area contributed by atoms with E-state index < -0.39 is 0 Å². The highest BCUT2D eigenvalue weighted by Gasteiger charge is 2.13. The maximum atomic E-state index is 12.3. The molecule has 0 aliphatic heterocycles. The molecule has 22 heavy (non-hydrogen) atoms. The molecule has 0 bridgehead atoms. The number of nitrogens with zero attached hydrogens (tertiary/aromatic N) is 3. The van der Waals surface area contributed by atoms with Crippen molar-refractivity contribution in [1.82, 2.24) is 15.0 Å². The Labute approximate surface area is 131 Å². The molecule has 0 saturated carbocycles. The molecule has 7 heteroatoms. The predicted octanol–water partition coefficient (Wildman–Crippen LogP) is 2.89. The molecule has 3 aromatic rings. The second-order valence-electron chi connectivity index (χ2n) is 4.35. The highest BCUT2D eigenvalue weighted by molar-refractivity contribution is 7.19. The number of pyridine rings is 2. The van der Waals surface area contributed by atoms with E-state index in [9.17, 15) is 4.79 Å². The highest BCUT2D eigenvalue weighted by Crippen LogP contribution is 2.27. The third-order valence-electron chi connectivity index (χ3n) is 2.93. The predicted molar refractivity (Wildman–Crippen MR) is 87.1 cm³/mol. The molecule has 1 amide bonds. The van der Waals surface area contributed by atoms with Crippen molar-refractivity contribution in [2.24, 2.45) is 0 Å². The molecule has 6 nitrogen and oxygen atoms in total. The van der Waals surface area contributed by atoms with Crippen LogP contribution in [0.4, 0.5) is 10.9 Å². The van der Waals surface area contributed by atoms with Crippen molar-refractivity contribution in [3.8, 4) is 10.6 Å². The van der Waals surface area contributed by atoms with E-state index in [1.54, 1.807) is 37.8 Å². The first-order valence-corrected chi connectivity index (χ1v) is 7.41. The molecule has 2 N–H and O–H groups in total. The van der Waals surface area contributed by atoms with Gasteiger partial charge in [-0.2, -0.15) is 0 Å². The van der Waals surface area contributed by atoms with E-state index >= 15 is 0 Å². The van der Waals surface area contributed by atoms with E-state index in [1.165, 1.54) is 11.3 Å². The standard InChI is InChI=1S/C15H13N5OS/c1-16-13-10(5-4-8-18-13)14(21)20-15-19-9-12(22-15)11-6-2-3-7-17-11/h2-9H,1H3,(H,16,18)(H,19,20,21). The van der Waals surface area contributed by atoms with E-state index in [-0.39, 0.29) is 5.91 Å². The molecular formula is C15H13N5OS. The molecule has 0 aliphatic rings. The number of amides is 1. The van der Waals surface area contributed by atoms with E-state index in [0.29, 0.717) is 16.5 Å². The van der Waals surface area contributed by atoms with Gasteiger partial charge >= 0.3 is 0 Å². The Morgan fingerprint density at radius 1 is 1.09 bits per heavy atom. The van der Waals surface area contributed by atoms with Crippen LogP contribution in [0.25, 0.3) is 10.6 Å². The number of rotatable bonds is 4. The van der Waals surface area contributed by atoms with Crippen LogP contribution in [0.15, 0.2) is 48.9 Å². The Bertz CT molecular complexity index is 787. The SMILES string of the molecule is CNc1ncccc1C(=O)Nc1ncc(-c2ccccn2)s1. The summed E-state index contributed by atoms with van der Waals surface area (Å²) in [7, 11) is 1.72. The van der Waals surface area contributed by atoms with Gasteiger partial charge in [-0.05, 0) is 24.3 Å². The first-order valence-electron chi connectivity index (χ1n) is 6.59. The average molecular weight is 311 g/mol. The lowest BCUT2D eigenvalue weighted by Gasteiger charge is -2.06. The molecule has 110 valence electrons. The minimum absolute atomic E-state index is 0.251. The molecule has 0 atom stereocenters. The minimum atomic E-state index is -0.251. The van der Waals surface area contributed by atoms with Crippen LogP contribution in [0, 0.1) is 0 Å². The summed E-state index contributed by atoms with van der Waals surface area (Å²) in [4.78, 5) is 25.8. The van der Waals surface area contributed by atoms with Gasteiger partial charge in [0.05, 0.1) is 16.1 Å². The van der Waals surface area contributed by atoms with E-state index in [1.807, 2.05) is 18.2 Å². The quantitative estimate of drug-likeness (QED) is 0.774. The summed E-state index contributed by atoms with van der Waals surface area (Å²) in [5.74, 6) is 0.279.